The van der Waals surface area contributed by atoms with Crippen LogP contribution in [0.3, 0.4) is 0 Å². The molecule has 0 spiro atoms. The van der Waals surface area contributed by atoms with Crippen LogP contribution in [-0.4, -0.2) is 52.3 Å². The summed E-state index contributed by atoms with van der Waals surface area (Å²) in [5, 5.41) is 13.0. The number of likely N-dealkylation sites (tertiary alicyclic amines) is 1. The van der Waals surface area contributed by atoms with Gasteiger partial charge in [-0.3, -0.25) is 0 Å². The van der Waals surface area contributed by atoms with E-state index in [1.807, 2.05) is 13.1 Å². The highest BCUT2D eigenvalue weighted by Crippen LogP contribution is 2.14. The van der Waals surface area contributed by atoms with E-state index in [1.54, 1.807) is 0 Å². The Hall–Kier alpha value is -1.20. The summed E-state index contributed by atoms with van der Waals surface area (Å²) in [6, 6.07) is 0. The summed E-state index contributed by atoms with van der Waals surface area (Å²) in [6.45, 7) is 8.18. The van der Waals surface area contributed by atoms with E-state index in [0.717, 1.165) is 69.9 Å². The van der Waals surface area contributed by atoms with E-state index in [-0.39, 0.29) is 6.10 Å². The van der Waals surface area contributed by atoms with Crippen molar-refractivity contribution in [2.75, 3.05) is 31.5 Å². The van der Waals surface area contributed by atoms with Gasteiger partial charge in [-0.15, -0.1) is 0 Å². The number of hydrogen-bond acceptors (Lipinski definition) is 5. The smallest absolute Gasteiger partial charge is 0.132 e. The number of hydrogen-bond donors (Lipinski definition) is 2. The van der Waals surface area contributed by atoms with E-state index in [1.165, 1.54) is 5.56 Å². The highest BCUT2D eigenvalue weighted by molar-refractivity contribution is 5.42. The molecule has 1 aliphatic heterocycles. The Morgan fingerprint density at radius 1 is 1.38 bits per heavy atom. The highest BCUT2D eigenvalue weighted by atomic mass is 16.3. The molecule has 2 heterocycles. The van der Waals surface area contributed by atoms with Crippen molar-refractivity contribution < 1.29 is 5.11 Å². The van der Waals surface area contributed by atoms with Gasteiger partial charge in [-0.1, -0.05) is 13.3 Å². The lowest BCUT2D eigenvalue weighted by Gasteiger charge is -2.29. The first-order valence-corrected chi connectivity index (χ1v) is 8.16. The van der Waals surface area contributed by atoms with Crippen molar-refractivity contribution in [3.8, 4) is 0 Å². The van der Waals surface area contributed by atoms with Crippen LogP contribution >= 0.6 is 0 Å². The lowest BCUT2D eigenvalue weighted by molar-refractivity contribution is 0.0825. The van der Waals surface area contributed by atoms with Gasteiger partial charge in [-0.2, -0.15) is 0 Å². The average Bonchev–Trinajstić information content (AvgIpc) is 2.48. The normalized spacial score (nSPS) is 17.1. The quantitative estimate of drug-likeness (QED) is 0.753. The predicted molar refractivity (Wildman–Crippen MR) is 85.6 cm³/mol. The zero-order chi connectivity index (χ0) is 15.1. The van der Waals surface area contributed by atoms with Crippen molar-refractivity contribution in [1.82, 2.24) is 14.9 Å². The minimum Gasteiger partial charge on any atom is -0.393 e. The third-order valence-electron chi connectivity index (χ3n) is 4.00. The standard InChI is InChI=1S/C16H28N4O/c1-3-5-14-12-18-13(2)19-16(14)17-8-4-9-20-10-6-15(21)7-11-20/h12,15,21H,3-11H2,1-2H3,(H,17,18,19). The van der Waals surface area contributed by atoms with Gasteiger partial charge in [0.2, 0.25) is 0 Å². The van der Waals surface area contributed by atoms with E-state index in [2.05, 4.69) is 27.1 Å². The molecule has 2 rings (SSSR count). The fourth-order valence-electron chi connectivity index (χ4n) is 2.75. The van der Waals surface area contributed by atoms with Crippen LogP contribution in [-0.2, 0) is 6.42 Å². The number of anilines is 1. The molecule has 5 nitrogen and oxygen atoms in total. The minimum absolute atomic E-state index is 0.0834. The van der Waals surface area contributed by atoms with Gasteiger partial charge in [0.15, 0.2) is 0 Å². The number of aromatic nitrogens is 2. The molecule has 0 amide bonds. The Kier molecular flexibility index (Phi) is 6.39. The summed E-state index contributed by atoms with van der Waals surface area (Å²) >= 11 is 0. The molecule has 21 heavy (non-hydrogen) atoms. The molecule has 5 heteroatoms. The number of aliphatic hydroxyl groups is 1. The maximum absolute atomic E-state index is 9.50. The van der Waals surface area contributed by atoms with Gasteiger partial charge in [0.1, 0.15) is 11.6 Å². The van der Waals surface area contributed by atoms with Crippen molar-refractivity contribution in [2.45, 2.75) is 52.1 Å². The van der Waals surface area contributed by atoms with Crippen LogP contribution in [0.2, 0.25) is 0 Å². The predicted octanol–water partition coefficient (Wildman–Crippen LogP) is 2.00. The van der Waals surface area contributed by atoms with Crippen LogP contribution in [0, 0.1) is 6.92 Å². The molecule has 1 aromatic rings. The number of aliphatic hydroxyl groups excluding tert-OH is 1. The second-order valence-corrected chi connectivity index (χ2v) is 5.89. The zero-order valence-corrected chi connectivity index (χ0v) is 13.3. The van der Waals surface area contributed by atoms with Crippen LogP contribution in [0.5, 0.6) is 0 Å². The fourth-order valence-corrected chi connectivity index (χ4v) is 2.75. The lowest BCUT2D eigenvalue weighted by atomic mass is 10.1. The van der Waals surface area contributed by atoms with E-state index in [4.69, 9.17) is 0 Å². The Morgan fingerprint density at radius 3 is 2.86 bits per heavy atom. The minimum atomic E-state index is -0.0834. The molecule has 0 radical (unpaired) electrons. The van der Waals surface area contributed by atoms with Crippen LogP contribution in [0.1, 0.15) is 44.0 Å². The topological polar surface area (TPSA) is 61.3 Å². The first-order chi connectivity index (χ1) is 10.2. The van der Waals surface area contributed by atoms with Gasteiger partial charge in [-0.25, -0.2) is 9.97 Å². The molecule has 1 saturated heterocycles. The van der Waals surface area contributed by atoms with Crippen LogP contribution in [0.25, 0.3) is 0 Å². The molecule has 0 saturated carbocycles. The molecule has 0 aliphatic carbocycles. The molecule has 118 valence electrons. The van der Waals surface area contributed by atoms with Gasteiger partial charge < -0.3 is 15.3 Å². The monoisotopic (exact) mass is 292 g/mol. The van der Waals surface area contributed by atoms with Crippen LogP contribution in [0.15, 0.2) is 6.20 Å². The van der Waals surface area contributed by atoms with Crippen LogP contribution < -0.4 is 5.32 Å². The second kappa shape index (κ2) is 8.29. The number of rotatable bonds is 7. The number of nitrogens with one attached hydrogen (secondary N) is 1. The van der Waals surface area contributed by atoms with Crippen molar-refractivity contribution in [2.24, 2.45) is 0 Å². The molecule has 0 unspecified atom stereocenters. The summed E-state index contributed by atoms with van der Waals surface area (Å²) in [5.74, 6) is 1.82. The number of nitrogens with zero attached hydrogens (tertiary/aromatic N) is 3. The Balaban J connectivity index is 1.74. The molecular formula is C16H28N4O. The Bertz CT molecular complexity index is 430. The summed E-state index contributed by atoms with van der Waals surface area (Å²) in [7, 11) is 0. The average molecular weight is 292 g/mol. The number of piperidine rings is 1. The van der Waals surface area contributed by atoms with Gasteiger partial charge in [0, 0.05) is 31.4 Å². The van der Waals surface area contributed by atoms with Crippen molar-refractivity contribution in [3.05, 3.63) is 17.6 Å². The fraction of sp³-hybridized carbons (Fsp3) is 0.750. The summed E-state index contributed by atoms with van der Waals surface area (Å²) in [6.07, 6.45) is 6.92. The van der Waals surface area contributed by atoms with E-state index < -0.39 is 0 Å². The molecule has 2 N–H and O–H groups in total. The van der Waals surface area contributed by atoms with Crippen molar-refractivity contribution in [3.63, 3.8) is 0 Å². The van der Waals surface area contributed by atoms with Crippen LogP contribution in [0.4, 0.5) is 5.82 Å². The first kappa shape index (κ1) is 16.2. The Labute approximate surface area is 127 Å². The molecule has 0 atom stereocenters. The van der Waals surface area contributed by atoms with Crippen molar-refractivity contribution in [1.29, 1.82) is 0 Å². The van der Waals surface area contributed by atoms with E-state index >= 15 is 0 Å². The maximum Gasteiger partial charge on any atom is 0.132 e. The van der Waals surface area contributed by atoms with Gasteiger partial charge >= 0.3 is 0 Å². The van der Waals surface area contributed by atoms with Gasteiger partial charge in [0.25, 0.3) is 0 Å². The molecule has 1 aliphatic rings. The van der Waals surface area contributed by atoms with Gasteiger partial charge in [-0.05, 0) is 39.2 Å². The second-order valence-electron chi connectivity index (χ2n) is 5.89. The first-order valence-electron chi connectivity index (χ1n) is 8.16. The molecule has 0 bridgehead atoms. The van der Waals surface area contributed by atoms with Gasteiger partial charge in [0.05, 0.1) is 6.10 Å². The molecule has 1 fully saturated rings. The summed E-state index contributed by atoms with van der Waals surface area (Å²) < 4.78 is 0. The Morgan fingerprint density at radius 2 is 2.14 bits per heavy atom. The number of aryl methyl sites for hydroxylation is 2. The largest absolute Gasteiger partial charge is 0.393 e. The molecular weight excluding hydrogens is 264 g/mol. The van der Waals surface area contributed by atoms with E-state index in [0.29, 0.717) is 0 Å². The van der Waals surface area contributed by atoms with Crippen molar-refractivity contribution >= 4 is 5.82 Å². The molecule has 0 aromatic carbocycles. The summed E-state index contributed by atoms with van der Waals surface area (Å²) in [5.41, 5.74) is 1.21. The highest BCUT2D eigenvalue weighted by Gasteiger charge is 2.16. The molecule has 1 aromatic heterocycles. The SMILES string of the molecule is CCCc1cnc(C)nc1NCCCN1CCC(O)CC1. The third kappa shape index (κ3) is 5.25. The summed E-state index contributed by atoms with van der Waals surface area (Å²) in [4.78, 5) is 11.2. The third-order valence-corrected chi connectivity index (χ3v) is 4.00. The van der Waals surface area contributed by atoms with E-state index in [9.17, 15) is 5.11 Å². The zero-order valence-electron chi connectivity index (χ0n) is 13.3. The maximum atomic E-state index is 9.50. The lowest BCUT2D eigenvalue weighted by Crippen LogP contribution is -2.36.